The second kappa shape index (κ2) is 6.97. The molecular weight excluding hydrogens is 224 g/mol. The third-order valence-electron chi connectivity index (χ3n) is 3.25. The van der Waals surface area contributed by atoms with Gasteiger partial charge in [0.1, 0.15) is 0 Å². The smallest absolute Gasteiger partial charge is 0.244 e. The third kappa shape index (κ3) is 4.34. The zero-order valence-electron chi connectivity index (χ0n) is 10.6. The van der Waals surface area contributed by atoms with E-state index in [-0.39, 0.29) is 5.91 Å². The first-order valence-electron chi connectivity index (χ1n) is 6.56. The van der Waals surface area contributed by atoms with Crippen molar-refractivity contribution >= 4 is 12.0 Å². The van der Waals surface area contributed by atoms with Crippen LogP contribution in [0.3, 0.4) is 0 Å². The van der Waals surface area contributed by atoms with Crippen LogP contribution in [-0.2, 0) is 4.79 Å². The van der Waals surface area contributed by atoms with Crippen LogP contribution in [-0.4, -0.2) is 25.5 Å². The summed E-state index contributed by atoms with van der Waals surface area (Å²) in [4.78, 5) is 11.6. The molecule has 3 nitrogen and oxygen atoms in total. The van der Waals surface area contributed by atoms with Crippen molar-refractivity contribution in [3.63, 3.8) is 0 Å². The van der Waals surface area contributed by atoms with Gasteiger partial charge in [-0.3, -0.25) is 4.79 Å². The molecule has 2 N–H and O–H groups in total. The Morgan fingerprint density at radius 2 is 2.00 bits per heavy atom. The van der Waals surface area contributed by atoms with E-state index in [4.69, 9.17) is 0 Å². The highest BCUT2D eigenvalue weighted by atomic mass is 16.1. The SMILES string of the molecule is O=C(C=Cc1ccccc1)NCC1CCNCC1. The topological polar surface area (TPSA) is 41.1 Å². The Morgan fingerprint density at radius 3 is 2.72 bits per heavy atom. The van der Waals surface area contributed by atoms with Gasteiger partial charge in [0.2, 0.25) is 5.91 Å². The lowest BCUT2D eigenvalue weighted by molar-refractivity contribution is -0.116. The first-order chi connectivity index (χ1) is 8.84. The van der Waals surface area contributed by atoms with Crippen LogP contribution in [0, 0.1) is 5.92 Å². The maximum absolute atomic E-state index is 11.6. The molecule has 1 amide bonds. The van der Waals surface area contributed by atoms with Crippen LogP contribution in [0.5, 0.6) is 0 Å². The molecule has 2 rings (SSSR count). The van der Waals surface area contributed by atoms with Crippen molar-refractivity contribution in [3.8, 4) is 0 Å². The molecule has 0 radical (unpaired) electrons. The van der Waals surface area contributed by atoms with Gasteiger partial charge in [-0.15, -0.1) is 0 Å². The van der Waals surface area contributed by atoms with E-state index in [1.165, 1.54) is 0 Å². The Bertz CT molecular complexity index is 394. The highest BCUT2D eigenvalue weighted by Gasteiger charge is 2.12. The van der Waals surface area contributed by atoms with Crippen LogP contribution in [0.4, 0.5) is 0 Å². The fraction of sp³-hybridized carbons (Fsp3) is 0.400. The molecule has 1 saturated heterocycles. The van der Waals surface area contributed by atoms with Gasteiger partial charge in [0.15, 0.2) is 0 Å². The van der Waals surface area contributed by atoms with E-state index in [0.29, 0.717) is 5.92 Å². The Balaban J connectivity index is 1.73. The summed E-state index contributed by atoms with van der Waals surface area (Å²) in [5.41, 5.74) is 1.05. The minimum absolute atomic E-state index is 0.00242. The molecule has 1 aliphatic rings. The summed E-state index contributed by atoms with van der Waals surface area (Å²) in [6.45, 7) is 2.93. The summed E-state index contributed by atoms with van der Waals surface area (Å²) in [7, 11) is 0. The predicted octanol–water partition coefficient (Wildman–Crippen LogP) is 1.82. The number of piperidine rings is 1. The summed E-state index contributed by atoms with van der Waals surface area (Å²) in [6, 6.07) is 9.86. The molecule has 18 heavy (non-hydrogen) atoms. The molecule has 0 atom stereocenters. The molecule has 3 heteroatoms. The standard InChI is InChI=1S/C15H20N2O/c18-15(7-6-13-4-2-1-3-5-13)17-12-14-8-10-16-11-9-14/h1-7,14,16H,8-12H2,(H,17,18). The molecule has 0 spiro atoms. The van der Waals surface area contributed by atoms with Gasteiger partial charge < -0.3 is 10.6 Å². The Kier molecular flexibility index (Phi) is 4.97. The monoisotopic (exact) mass is 244 g/mol. The molecule has 0 bridgehead atoms. The van der Waals surface area contributed by atoms with Gasteiger partial charge in [0.25, 0.3) is 0 Å². The molecule has 0 aromatic heterocycles. The molecule has 1 aliphatic heterocycles. The number of amides is 1. The van der Waals surface area contributed by atoms with Crippen molar-refractivity contribution in [2.24, 2.45) is 5.92 Å². The number of rotatable bonds is 4. The molecule has 0 unspecified atom stereocenters. The molecule has 0 aliphatic carbocycles. The first kappa shape index (κ1) is 12.8. The highest BCUT2D eigenvalue weighted by Crippen LogP contribution is 2.09. The van der Waals surface area contributed by atoms with E-state index in [9.17, 15) is 4.79 Å². The van der Waals surface area contributed by atoms with Gasteiger partial charge in [0.05, 0.1) is 0 Å². The van der Waals surface area contributed by atoms with Crippen LogP contribution >= 0.6 is 0 Å². The summed E-state index contributed by atoms with van der Waals surface area (Å²) >= 11 is 0. The average Bonchev–Trinajstić information content (AvgIpc) is 2.45. The van der Waals surface area contributed by atoms with E-state index in [1.54, 1.807) is 6.08 Å². The summed E-state index contributed by atoms with van der Waals surface area (Å²) in [6.07, 6.45) is 5.76. The van der Waals surface area contributed by atoms with Crippen molar-refractivity contribution in [2.75, 3.05) is 19.6 Å². The Hall–Kier alpha value is -1.61. The van der Waals surface area contributed by atoms with E-state index in [0.717, 1.165) is 38.0 Å². The van der Waals surface area contributed by atoms with Crippen molar-refractivity contribution in [1.82, 2.24) is 10.6 Å². The largest absolute Gasteiger partial charge is 0.352 e. The number of benzene rings is 1. The van der Waals surface area contributed by atoms with Crippen molar-refractivity contribution in [1.29, 1.82) is 0 Å². The molecule has 1 aromatic carbocycles. The minimum atomic E-state index is -0.00242. The van der Waals surface area contributed by atoms with Gasteiger partial charge in [-0.2, -0.15) is 0 Å². The molecule has 1 fully saturated rings. The van der Waals surface area contributed by atoms with Gasteiger partial charge >= 0.3 is 0 Å². The van der Waals surface area contributed by atoms with Crippen LogP contribution in [0.1, 0.15) is 18.4 Å². The van der Waals surface area contributed by atoms with Gasteiger partial charge in [0, 0.05) is 12.6 Å². The van der Waals surface area contributed by atoms with Crippen molar-refractivity contribution in [2.45, 2.75) is 12.8 Å². The van der Waals surface area contributed by atoms with E-state index < -0.39 is 0 Å². The quantitative estimate of drug-likeness (QED) is 0.793. The molecule has 1 aromatic rings. The third-order valence-corrected chi connectivity index (χ3v) is 3.25. The number of hydrogen-bond acceptors (Lipinski definition) is 2. The number of hydrogen-bond donors (Lipinski definition) is 2. The number of nitrogens with one attached hydrogen (secondary N) is 2. The second-order valence-electron chi connectivity index (χ2n) is 4.68. The number of carbonyl (C=O) groups excluding carboxylic acids is 1. The number of carbonyl (C=O) groups is 1. The summed E-state index contributed by atoms with van der Waals surface area (Å²) in [5.74, 6) is 0.623. The fourth-order valence-electron chi connectivity index (χ4n) is 2.13. The first-order valence-corrected chi connectivity index (χ1v) is 6.56. The molecular formula is C15H20N2O. The molecule has 0 saturated carbocycles. The maximum atomic E-state index is 11.6. The minimum Gasteiger partial charge on any atom is -0.352 e. The summed E-state index contributed by atoms with van der Waals surface area (Å²) < 4.78 is 0. The summed E-state index contributed by atoms with van der Waals surface area (Å²) in [5, 5.41) is 6.29. The van der Waals surface area contributed by atoms with E-state index >= 15 is 0 Å². The van der Waals surface area contributed by atoms with E-state index in [1.807, 2.05) is 36.4 Å². The molecule has 1 heterocycles. The van der Waals surface area contributed by atoms with Crippen molar-refractivity contribution in [3.05, 3.63) is 42.0 Å². The second-order valence-corrected chi connectivity index (χ2v) is 4.68. The van der Waals surface area contributed by atoms with Gasteiger partial charge in [-0.05, 0) is 43.5 Å². The maximum Gasteiger partial charge on any atom is 0.244 e. The van der Waals surface area contributed by atoms with Gasteiger partial charge in [-0.1, -0.05) is 30.3 Å². The normalized spacial score (nSPS) is 16.9. The van der Waals surface area contributed by atoms with Crippen molar-refractivity contribution < 1.29 is 4.79 Å². The van der Waals surface area contributed by atoms with Crippen LogP contribution < -0.4 is 10.6 Å². The van der Waals surface area contributed by atoms with Gasteiger partial charge in [-0.25, -0.2) is 0 Å². The van der Waals surface area contributed by atoms with Crippen LogP contribution in [0.25, 0.3) is 6.08 Å². The predicted molar refractivity (Wildman–Crippen MR) is 74.1 cm³/mol. The molecule has 96 valence electrons. The van der Waals surface area contributed by atoms with Crippen LogP contribution in [0.15, 0.2) is 36.4 Å². The zero-order chi connectivity index (χ0) is 12.6. The lowest BCUT2D eigenvalue weighted by Crippen LogP contribution is -2.35. The highest BCUT2D eigenvalue weighted by molar-refractivity contribution is 5.91. The van der Waals surface area contributed by atoms with E-state index in [2.05, 4.69) is 10.6 Å². The lowest BCUT2D eigenvalue weighted by atomic mass is 9.98. The average molecular weight is 244 g/mol. The Labute approximate surface area is 108 Å². The fourth-order valence-corrected chi connectivity index (χ4v) is 2.13. The Morgan fingerprint density at radius 1 is 1.28 bits per heavy atom. The zero-order valence-corrected chi connectivity index (χ0v) is 10.6. The van der Waals surface area contributed by atoms with Crippen LogP contribution in [0.2, 0.25) is 0 Å². The lowest BCUT2D eigenvalue weighted by Gasteiger charge is -2.22.